The Hall–Kier alpha value is -0.200. The number of hydrogen-bond donors (Lipinski definition) is 5. The topological polar surface area (TPSA) is 93.0 Å². The highest BCUT2D eigenvalue weighted by Crippen LogP contribution is 2.39. The molecule has 0 spiro atoms. The predicted octanol–water partition coefficient (Wildman–Crippen LogP) is -2.13. The summed E-state index contributed by atoms with van der Waals surface area (Å²) < 4.78 is 0. The van der Waals surface area contributed by atoms with Crippen LogP contribution in [-0.4, -0.2) is 44.1 Å². The van der Waals surface area contributed by atoms with Gasteiger partial charge in [-0.1, -0.05) is 0 Å². The molecule has 1 unspecified atom stereocenters. The van der Waals surface area contributed by atoms with Crippen LogP contribution < -0.4 is 5.32 Å². The summed E-state index contributed by atoms with van der Waals surface area (Å²) in [5.41, 5.74) is -1.73. The Balaban J connectivity index is 2.32. The van der Waals surface area contributed by atoms with Gasteiger partial charge in [0.15, 0.2) is 5.72 Å². The summed E-state index contributed by atoms with van der Waals surface area (Å²) in [5, 5.41) is 40.4. The van der Waals surface area contributed by atoms with Gasteiger partial charge in [0, 0.05) is 6.04 Å². The lowest BCUT2D eigenvalue weighted by Crippen LogP contribution is -2.70. The molecule has 0 saturated carbocycles. The van der Waals surface area contributed by atoms with E-state index in [4.69, 9.17) is 0 Å². The van der Waals surface area contributed by atoms with Gasteiger partial charge in [0.1, 0.15) is 6.10 Å². The standard InChI is InChI=1S/C7H13NO4/c9-5-3-4-1-2-6(10,8-4)7(5,11)12/h4-5,8-12H,1-3H2/t4-,5?,6-/m0/s1. The highest BCUT2D eigenvalue weighted by molar-refractivity contribution is 5.07. The summed E-state index contributed by atoms with van der Waals surface area (Å²) in [7, 11) is 0. The lowest BCUT2D eigenvalue weighted by Gasteiger charge is -2.44. The van der Waals surface area contributed by atoms with Crippen molar-refractivity contribution >= 4 is 0 Å². The number of piperidine rings is 1. The lowest BCUT2D eigenvalue weighted by atomic mass is 9.92. The highest BCUT2D eigenvalue weighted by Gasteiger charge is 2.60. The van der Waals surface area contributed by atoms with Gasteiger partial charge in [-0.05, 0) is 19.3 Å². The Kier molecular flexibility index (Phi) is 1.53. The second kappa shape index (κ2) is 2.18. The molecule has 0 aromatic rings. The van der Waals surface area contributed by atoms with Gasteiger partial charge in [-0.3, -0.25) is 5.32 Å². The molecule has 0 amide bonds. The van der Waals surface area contributed by atoms with Crippen molar-refractivity contribution < 1.29 is 20.4 Å². The molecule has 2 aliphatic rings. The lowest BCUT2D eigenvalue weighted by molar-refractivity contribution is -0.332. The Morgan fingerprint density at radius 1 is 1.25 bits per heavy atom. The van der Waals surface area contributed by atoms with E-state index in [0.29, 0.717) is 6.42 Å². The Morgan fingerprint density at radius 3 is 2.58 bits per heavy atom. The van der Waals surface area contributed by atoms with E-state index in [9.17, 15) is 20.4 Å². The van der Waals surface area contributed by atoms with Crippen LogP contribution in [-0.2, 0) is 0 Å². The summed E-state index contributed by atoms with van der Waals surface area (Å²) >= 11 is 0. The van der Waals surface area contributed by atoms with Crippen LogP contribution in [0.3, 0.4) is 0 Å². The molecule has 2 aliphatic heterocycles. The Bertz CT molecular complexity index is 205. The third-order valence-electron chi connectivity index (χ3n) is 2.88. The fraction of sp³-hybridized carbons (Fsp3) is 1.00. The number of nitrogens with one attached hydrogen (secondary N) is 1. The van der Waals surface area contributed by atoms with Crippen molar-refractivity contribution in [2.45, 2.75) is 42.9 Å². The minimum absolute atomic E-state index is 0.00238. The van der Waals surface area contributed by atoms with Gasteiger partial charge in [-0.25, -0.2) is 0 Å². The van der Waals surface area contributed by atoms with Gasteiger partial charge < -0.3 is 20.4 Å². The quantitative estimate of drug-likeness (QED) is 0.271. The van der Waals surface area contributed by atoms with Gasteiger partial charge in [0.05, 0.1) is 0 Å². The van der Waals surface area contributed by atoms with Crippen LogP contribution in [0.4, 0.5) is 0 Å². The first kappa shape index (κ1) is 8.40. The summed E-state index contributed by atoms with van der Waals surface area (Å²) in [6.07, 6.45) is -0.0655. The highest BCUT2D eigenvalue weighted by atomic mass is 16.6. The maximum absolute atomic E-state index is 9.65. The van der Waals surface area contributed by atoms with E-state index >= 15 is 0 Å². The summed E-state index contributed by atoms with van der Waals surface area (Å²) in [6.45, 7) is 0. The molecule has 2 heterocycles. The summed E-state index contributed by atoms with van der Waals surface area (Å²) in [4.78, 5) is 0. The molecule has 70 valence electrons. The van der Waals surface area contributed by atoms with Crippen LogP contribution in [0.1, 0.15) is 19.3 Å². The zero-order valence-corrected chi connectivity index (χ0v) is 6.56. The third kappa shape index (κ3) is 0.855. The maximum Gasteiger partial charge on any atom is 0.233 e. The SMILES string of the molecule is OC1C[C@@H]2CC[C@@](O)(N2)C1(O)O. The summed E-state index contributed by atoms with van der Waals surface area (Å²) in [6, 6.07) is -0.00238. The van der Waals surface area contributed by atoms with Crippen molar-refractivity contribution in [3.63, 3.8) is 0 Å². The van der Waals surface area contributed by atoms with Crippen molar-refractivity contribution in [2.24, 2.45) is 0 Å². The van der Waals surface area contributed by atoms with Crippen molar-refractivity contribution in [1.82, 2.24) is 5.32 Å². The van der Waals surface area contributed by atoms with Gasteiger partial charge >= 0.3 is 0 Å². The van der Waals surface area contributed by atoms with E-state index in [2.05, 4.69) is 5.32 Å². The monoisotopic (exact) mass is 175 g/mol. The third-order valence-corrected chi connectivity index (χ3v) is 2.88. The van der Waals surface area contributed by atoms with E-state index in [1.54, 1.807) is 0 Å². The average molecular weight is 175 g/mol. The number of hydrogen-bond acceptors (Lipinski definition) is 5. The van der Waals surface area contributed by atoms with Crippen molar-refractivity contribution in [1.29, 1.82) is 0 Å². The zero-order chi connectivity index (χ0) is 8.98. The van der Waals surface area contributed by atoms with Crippen molar-refractivity contribution in [3.8, 4) is 0 Å². The average Bonchev–Trinajstić information content (AvgIpc) is 2.29. The van der Waals surface area contributed by atoms with Crippen LogP contribution in [0, 0.1) is 0 Å². The molecule has 2 fully saturated rings. The number of aliphatic hydroxyl groups excluding tert-OH is 1. The van der Waals surface area contributed by atoms with E-state index in [1.165, 1.54) is 0 Å². The van der Waals surface area contributed by atoms with Crippen LogP contribution in [0.5, 0.6) is 0 Å². The molecule has 5 heteroatoms. The van der Waals surface area contributed by atoms with E-state index in [0.717, 1.165) is 0 Å². The van der Waals surface area contributed by atoms with Crippen LogP contribution >= 0.6 is 0 Å². The molecule has 5 nitrogen and oxygen atoms in total. The second-order valence-electron chi connectivity index (χ2n) is 3.72. The maximum atomic E-state index is 9.65. The fourth-order valence-corrected chi connectivity index (χ4v) is 2.04. The molecule has 2 bridgehead atoms. The molecule has 0 radical (unpaired) electrons. The molecular weight excluding hydrogens is 162 g/mol. The molecule has 0 aliphatic carbocycles. The molecule has 0 aromatic heterocycles. The molecule has 3 atom stereocenters. The molecule has 0 aromatic carbocycles. The molecular formula is C7H13NO4. The van der Waals surface area contributed by atoms with Gasteiger partial charge in [0.25, 0.3) is 0 Å². The number of fused-ring (bicyclic) bond motifs is 2. The van der Waals surface area contributed by atoms with Gasteiger partial charge in [-0.15, -0.1) is 0 Å². The Morgan fingerprint density at radius 2 is 1.92 bits per heavy atom. The van der Waals surface area contributed by atoms with Crippen LogP contribution in [0.15, 0.2) is 0 Å². The summed E-state index contributed by atoms with van der Waals surface area (Å²) in [5.74, 6) is -2.42. The minimum Gasteiger partial charge on any atom is -0.387 e. The first-order valence-electron chi connectivity index (χ1n) is 4.08. The second-order valence-corrected chi connectivity index (χ2v) is 3.72. The predicted molar refractivity (Wildman–Crippen MR) is 38.9 cm³/mol. The van der Waals surface area contributed by atoms with Crippen molar-refractivity contribution in [3.05, 3.63) is 0 Å². The van der Waals surface area contributed by atoms with E-state index < -0.39 is 17.6 Å². The molecule has 5 N–H and O–H groups in total. The minimum atomic E-state index is -2.42. The Labute approximate surface area is 69.6 Å². The first-order chi connectivity index (χ1) is 5.46. The number of aliphatic hydroxyl groups is 4. The molecule has 12 heavy (non-hydrogen) atoms. The largest absolute Gasteiger partial charge is 0.387 e. The molecule has 2 saturated heterocycles. The van der Waals surface area contributed by atoms with Crippen molar-refractivity contribution in [2.75, 3.05) is 0 Å². The van der Waals surface area contributed by atoms with Crippen LogP contribution in [0.2, 0.25) is 0 Å². The van der Waals surface area contributed by atoms with Crippen LogP contribution in [0.25, 0.3) is 0 Å². The van der Waals surface area contributed by atoms with Gasteiger partial charge in [0.2, 0.25) is 5.79 Å². The number of rotatable bonds is 0. The first-order valence-corrected chi connectivity index (χ1v) is 4.08. The molecule has 2 rings (SSSR count). The fourth-order valence-electron chi connectivity index (χ4n) is 2.04. The zero-order valence-electron chi connectivity index (χ0n) is 6.56. The van der Waals surface area contributed by atoms with Gasteiger partial charge in [-0.2, -0.15) is 0 Å². The van der Waals surface area contributed by atoms with E-state index in [-0.39, 0.29) is 18.9 Å². The smallest absolute Gasteiger partial charge is 0.233 e. The van der Waals surface area contributed by atoms with E-state index in [1.807, 2.05) is 0 Å². The normalized spacial score (nSPS) is 51.0.